The summed E-state index contributed by atoms with van der Waals surface area (Å²) < 4.78 is 2.83. The van der Waals surface area contributed by atoms with Crippen molar-refractivity contribution in [1.82, 2.24) is 15.0 Å². The van der Waals surface area contributed by atoms with E-state index >= 15 is 0 Å². The highest BCUT2D eigenvalue weighted by Gasteiger charge is 2.09. The van der Waals surface area contributed by atoms with Crippen molar-refractivity contribution in [2.45, 2.75) is 6.92 Å². The second kappa shape index (κ2) is 6.51. The van der Waals surface area contributed by atoms with E-state index in [1.54, 1.807) is 10.2 Å². The Balaban J connectivity index is 2.42. The van der Waals surface area contributed by atoms with Crippen LogP contribution in [0.2, 0.25) is 0 Å². The zero-order valence-electron chi connectivity index (χ0n) is 10.1. The van der Waals surface area contributed by atoms with Crippen LogP contribution in [0.25, 0.3) is 16.7 Å². The van der Waals surface area contributed by atoms with Crippen LogP contribution in [0.4, 0.5) is 0 Å². The van der Waals surface area contributed by atoms with Crippen molar-refractivity contribution in [3.05, 3.63) is 49.8 Å². The summed E-state index contributed by atoms with van der Waals surface area (Å²) in [5.74, 6) is 0.130. The van der Waals surface area contributed by atoms with Gasteiger partial charge in [0.15, 0.2) is 0 Å². The maximum Gasteiger partial charge on any atom is 0.143 e. The van der Waals surface area contributed by atoms with Gasteiger partial charge < -0.3 is 5.11 Å². The Hall–Kier alpha value is -0.900. The van der Waals surface area contributed by atoms with E-state index in [4.69, 9.17) is 0 Å². The number of allylic oxidation sites excluding steroid dienone is 4. The van der Waals surface area contributed by atoms with E-state index in [1.807, 2.05) is 37.3 Å². The summed E-state index contributed by atoms with van der Waals surface area (Å²) in [5, 5.41) is 18.8. The van der Waals surface area contributed by atoms with E-state index in [0.717, 1.165) is 14.6 Å². The molecule has 98 valence electrons. The molecule has 0 bridgehead atoms. The smallest absolute Gasteiger partial charge is 0.143 e. The molecule has 2 rings (SSSR count). The molecule has 0 aliphatic carbocycles. The Morgan fingerprint density at radius 2 is 1.79 bits per heavy atom. The van der Waals surface area contributed by atoms with Gasteiger partial charge in [-0.3, -0.25) is 0 Å². The number of aliphatic hydroxyl groups excluding tert-OH is 1. The lowest BCUT2D eigenvalue weighted by Gasteiger charge is -2.02. The van der Waals surface area contributed by atoms with Crippen molar-refractivity contribution < 1.29 is 5.11 Å². The van der Waals surface area contributed by atoms with Crippen LogP contribution >= 0.6 is 45.2 Å². The summed E-state index contributed by atoms with van der Waals surface area (Å²) >= 11 is 4.25. The van der Waals surface area contributed by atoms with Crippen LogP contribution in [0, 0.1) is 0 Å². The van der Waals surface area contributed by atoms with Gasteiger partial charge in [0, 0.05) is 4.08 Å². The summed E-state index contributed by atoms with van der Waals surface area (Å²) in [5.41, 5.74) is 2.14. The molecule has 0 spiro atoms. The van der Waals surface area contributed by atoms with Gasteiger partial charge in [0.2, 0.25) is 0 Å². The molecule has 6 heteroatoms. The number of aromatic nitrogens is 3. The number of fused-ring (bicyclic) bond motifs is 1. The normalized spacial score (nSPS) is 14.2. The highest BCUT2D eigenvalue weighted by molar-refractivity contribution is 14.1. The molecule has 1 N–H and O–H groups in total. The van der Waals surface area contributed by atoms with E-state index in [2.05, 4.69) is 55.4 Å². The lowest BCUT2D eigenvalue weighted by atomic mass is 10.3. The van der Waals surface area contributed by atoms with Crippen molar-refractivity contribution in [1.29, 1.82) is 0 Å². The third-order valence-electron chi connectivity index (χ3n) is 2.34. The number of hydrogen-bond acceptors (Lipinski definition) is 3. The zero-order chi connectivity index (χ0) is 13.8. The van der Waals surface area contributed by atoms with E-state index in [-0.39, 0.29) is 5.76 Å². The van der Waals surface area contributed by atoms with Crippen LogP contribution in [0.3, 0.4) is 0 Å². The maximum absolute atomic E-state index is 10.1. The van der Waals surface area contributed by atoms with Gasteiger partial charge in [-0.05, 0) is 57.4 Å². The predicted molar refractivity (Wildman–Crippen MR) is 94.3 cm³/mol. The van der Waals surface area contributed by atoms with Crippen LogP contribution in [0.1, 0.15) is 6.92 Å². The Bertz CT molecular complexity index is 649. The van der Waals surface area contributed by atoms with E-state index < -0.39 is 0 Å². The fourth-order valence-electron chi connectivity index (χ4n) is 1.45. The number of aliphatic hydroxyl groups is 1. The minimum Gasteiger partial charge on any atom is -0.506 e. The Kier molecular flexibility index (Phi) is 4.97. The van der Waals surface area contributed by atoms with Crippen LogP contribution in [-0.4, -0.2) is 20.1 Å². The van der Waals surface area contributed by atoms with Gasteiger partial charge in [0.1, 0.15) is 22.5 Å². The molecule has 19 heavy (non-hydrogen) atoms. The van der Waals surface area contributed by atoms with E-state index in [1.165, 1.54) is 4.80 Å². The molecule has 0 radical (unpaired) electrons. The Morgan fingerprint density at radius 3 is 2.26 bits per heavy atom. The molecule has 0 fully saturated rings. The fraction of sp³-hybridized carbons (Fsp3) is 0.0769. The quantitative estimate of drug-likeness (QED) is 0.403. The van der Waals surface area contributed by atoms with Gasteiger partial charge in [-0.15, -0.1) is 15.0 Å². The highest BCUT2D eigenvalue weighted by atomic mass is 127. The Labute approximate surface area is 138 Å². The number of rotatable bonds is 3. The van der Waals surface area contributed by atoms with Crippen LogP contribution in [0.15, 0.2) is 49.8 Å². The number of hydrogen-bond donors (Lipinski definition) is 1. The lowest BCUT2D eigenvalue weighted by molar-refractivity contribution is 0.428. The van der Waals surface area contributed by atoms with Crippen molar-refractivity contribution in [3.8, 4) is 0 Å². The minimum absolute atomic E-state index is 0.130. The number of benzene rings is 1. The van der Waals surface area contributed by atoms with Crippen molar-refractivity contribution in [2.75, 3.05) is 0 Å². The summed E-state index contributed by atoms with van der Waals surface area (Å²) in [7, 11) is 0. The fourth-order valence-corrected chi connectivity index (χ4v) is 2.20. The van der Waals surface area contributed by atoms with Crippen LogP contribution in [-0.2, 0) is 0 Å². The SMILES string of the molecule is C\C(I)=C/C=C(O)\C(=C\I)n1nc2ccccc2n1. The predicted octanol–water partition coefficient (Wildman–Crippen LogP) is 4.45. The first-order valence-electron chi connectivity index (χ1n) is 5.48. The van der Waals surface area contributed by atoms with Crippen LogP contribution in [0.5, 0.6) is 0 Å². The van der Waals surface area contributed by atoms with Crippen molar-refractivity contribution in [3.63, 3.8) is 0 Å². The molecule has 0 aliphatic heterocycles. The van der Waals surface area contributed by atoms with Crippen molar-refractivity contribution in [2.24, 2.45) is 0 Å². The molecule has 1 heterocycles. The third-order valence-corrected chi connectivity index (χ3v) is 3.29. The second-order valence-electron chi connectivity index (χ2n) is 3.78. The maximum atomic E-state index is 10.1. The third kappa shape index (κ3) is 3.56. The molecular weight excluding hydrogens is 468 g/mol. The molecule has 0 saturated carbocycles. The second-order valence-corrected chi connectivity index (χ2v) is 6.10. The molecule has 4 nitrogen and oxygen atoms in total. The molecule has 1 aromatic heterocycles. The molecule has 1 aromatic carbocycles. The van der Waals surface area contributed by atoms with Gasteiger partial charge in [-0.1, -0.05) is 34.7 Å². The topological polar surface area (TPSA) is 50.9 Å². The summed E-state index contributed by atoms with van der Waals surface area (Å²) in [4.78, 5) is 1.44. The molecule has 0 atom stereocenters. The summed E-state index contributed by atoms with van der Waals surface area (Å²) in [6, 6.07) is 7.60. The highest BCUT2D eigenvalue weighted by Crippen LogP contribution is 2.18. The van der Waals surface area contributed by atoms with Gasteiger partial charge >= 0.3 is 0 Å². The average molecular weight is 479 g/mol. The molecule has 2 aromatic rings. The molecule has 0 unspecified atom stereocenters. The zero-order valence-corrected chi connectivity index (χ0v) is 14.4. The molecular formula is C13H11I2N3O. The number of halogens is 2. The lowest BCUT2D eigenvalue weighted by Crippen LogP contribution is -2.03. The first-order chi connectivity index (χ1) is 9.11. The first kappa shape index (κ1) is 14.5. The molecule has 0 amide bonds. The average Bonchev–Trinajstić information content (AvgIpc) is 2.80. The van der Waals surface area contributed by atoms with Gasteiger partial charge in [-0.25, -0.2) is 0 Å². The van der Waals surface area contributed by atoms with Gasteiger partial charge in [-0.2, -0.15) is 0 Å². The summed E-state index contributed by atoms with van der Waals surface area (Å²) in [6.07, 6.45) is 3.47. The molecule has 0 aliphatic rings. The van der Waals surface area contributed by atoms with E-state index in [0.29, 0.717) is 5.70 Å². The molecule has 0 saturated heterocycles. The monoisotopic (exact) mass is 479 g/mol. The first-order valence-corrected chi connectivity index (χ1v) is 7.80. The Morgan fingerprint density at radius 1 is 1.21 bits per heavy atom. The number of nitrogens with zero attached hydrogens (tertiary/aromatic N) is 3. The van der Waals surface area contributed by atoms with Gasteiger partial charge in [0.05, 0.1) is 0 Å². The van der Waals surface area contributed by atoms with E-state index in [9.17, 15) is 5.11 Å². The van der Waals surface area contributed by atoms with Gasteiger partial charge in [0.25, 0.3) is 0 Å². The standard InChI is InChI=1S/C13H11I2N3O/c1-9(15)6-7-13(19)12(8-14)18-16-10-4-2-3-5-11(10)17-18/h2-8,19H,1H3/b9-6+,12-8-,13-7+. The van der Waals surface area contributed by atoms with Crippen molar-refractivity contribution >= 4 is 61.9 Å². The van der Waals surface area contributed by atoms with Crippen LogP contribution < -0.4 is 0 Å². The minimum atomic E-state index is 0.130. The summed E-state index contributed by atoms with van der Waals surface area (Å²) in [6.45, 7) is 1.96. The largest absolute Gasteiger partial charge is 0.506 e.